The molecule has 2 fully saturated rings. The minimum Gasteiger partial charge on any atom is -0.375 e. The van der Waals surface area contributed by atoms with E-state index in [0.717, 1.165) is 6.42 Å². The molecular weight excluding hydrogens is 166 g/mol. The number of nitrogens with one attached hydrogen (secondary N) is 1. The molecule has 74 valence electrons. The lowest BCUT2D eigenvalue weighted by molar-refractivity contribution is -0.120. The normalized spacial score (nSPS) is 50.1. The number of hydrogen-bond donors (Lipinski definition) is 1. The Labute approximate surface area is 78.8 Å². The van der Waals surface area contributed by atoms with Gasteiger partial charge in [-0.15, -0.1) is 0 Å². The van der Waals surface area contributed by atoms with Gasteiger partial charge in [-0.3, -0.25) is 4.79 Å². The Hall–Kier alpha value is -0.570. The highest BCUT2D eigenvalue weighted by atomic mass is 16.5. The summed E-state index contributed by atoms with van der Waals surface area (Å²) in [5.74, 6) is 0.178. The van der Waals surface area contributed by atoms with E-state index in [2.05, 4.69) is 26.1 Å². The Morgan fingerprint density at radius 2 is 2.15 bits per heavy atom. The zero-order valence-corrected chi connectivity index (χ0v) is 8.46. The van der Waals surface area contributed by atoms with E-state index in [0.29, 0.717) is 12.5 Å². The van der Waals surface area contributed by atoms with Gasteiger partial charge in [0.25, 0.3) is 0 Å². The monoisotopic (exact) mass is 183 g/mol. The molecule has 1 amide bonds. The van der Waals surface area contributed by atoms with Crippen molar-refractivity contribution < 1.29 is 9.53 Å². The SMILES string of the molecule is CC1CC2(CC(=O)NC2C)C(C)O1. The summed E-state index contributed by atoms with van der Waals surface area (Å²) < 4.78 is 5.73. The lowest BCUT2D eigenvalue weighted by Crippen LogP contribution is -2.39. The molecule has 2 aliphatic rings. The average Bonchev–Trinajstić information content (AvgIpc) is 2.40. The number of carbonyl (C=O) groups is 1. The van der Waals surface area contributed by atoms with E-state index in [9.17, 15) is 4.79 Å². The number of rotatable bonds is 0. The third-order valence-corrected chi connectivity index (χ3v) is 3.64. The van der Waals surface area contributed by atoms with Gasteiger partial charge < -0.3 is 10.1 Å². The summed E-state index contributed by atoms with van der Waals surface area (Å²) in [7, 11) is 0. The van der Waals surface area contributed by atoms with E-state index in [1.54, 1.807) is 0 Å². The summed E-state index contributed by atoms with van der Waals surface area (Å²) in [5, 5.41) is 2.98. The van der Waals surface area contributed by atoms with Gasteiger partial charge in [0.2, 0.25) is 5.91 Å². The smallest absolute Gasteiger partial charge is 0.220 e. The zero-order valence-electron chi connectivity index (χ0n) is 8.46. The maximum absolute atomic E-state index is 11.3. The van der Waals surface area contributed by atoms with Gasteiger partial charge >= 0.3 is 0 Å². The van der Waals surface area contributed by atoms with Crippen molar-refractivity contribution in [3.8, 4) is 0 Å². The van der Waals surface area contributed by atoms with Gasteiger partial charge in [0, 0.05) is 17.9 Å². The van der Waals surface area contributed by atoms with Crippen molar-refractivity contribution in [3.63, 3.8) is 0 Å². The van der Waals surface area contributed by atoms with E-state index in [-0.39, 0.29) is 23.5 Å². The maximum Gasteiger partial charge on any atom is 0.220 e. The predicted molar refractivity (Wildman–Crippen MR) is 49.3 cm³/mol. The predicted octanol–water partition coefficient (Wildman–Crippen LogP) is 1.08. The van der Waals surface area contributed by atoms with Crippen molar-refractivity contribution in [2.24, 2.45) is 5.41 Å². The van der Waals surface area contributed by atoms with Crippen molar-refractivity contribution in [1.82, 2.24) is 5.32 Å². The maximum atomic E-state index is 11.3. The molecule has 0 aromatic carbocycles. The van der Waals surface area contributed by atoms with Crippen LogP contribution in [0.3, 0.4) is 0 Å². The second-order valence-electron chi connectivity index (χ2n) is 4.49. The number of amides is 1. The first-order valence-electron chi connectivity index (χ1n) is 4.99. The summed E-state index contributed by atoms with van der Waals surface area (Å²) in [6.07, 6.45) is 2.15. The first kappa shape index (κ1) is 9.00. The molecule has 2 saturated heterocycles. The fourth-order valence-corrected chi connectivity index (χ4v) is 2.87. The molecule has 4 atom stereocenters. The van der Waals surface area contributed by atoms with Gasteiger partial charge in [0.05, 0.1) is 12.2 Å². The summed E-state index contributed by atoms with van der Waals surface area (Å²) in [4.78, 5) is 11.3. The lowest BCUT2D eigenvalue weighted by atomic mass is 9.75. The second-order valence-corrected chi connectivity index (χ2v) is 4.49. The average molecular weight is 183 g/mol. The third kappa shape index (κ3) is 1.17. The highest BCUT2D eigenvalue weighted by Crippen LogP contribution is 2.46. The van der Waals surface area contributed by atoms with Crippen molar-refractivity contribution in [1.29, 1.82) is 0 Å². The van der Waals surface area contributed by atoms with Gasteiger partial charge in [-0.25, -0.2) is 0 Å². The molecule has 3 heteroatoms. The van der Waals surface area contributed by atoms with Crippen molar-refractivity contribution in [2.45, 2.75) is 51.9 Å². The Kier molecular flexibility index (Phi) is 1.88. The zero-order chi connectivity index (χ0) is 9.64. The van der Waals surface area contributed by atoms with Gasteiger partial charge in [-0.05, 0) is 27.2 Å². The highest BCUT2D eigenvalue weighted by molar-refractivity contribution is 5.80. The minimum absolute atomic E-state index is 0.0660. The van der Waals surface area contributed by atoms with Crippen LogP contribution >= 0.6 is 0 Å². The fraction of sp³-hybridized carbons (Fsp3) is 0.900. The molecule has 0 aliphatic carbocycles. The van der Waals surface area contributed by atoms with E-state index in [1.807, 2.05) is 0 Å². The fourth-order valence-electron chi connectivity index (χ4n) is 2.87. The quantitative estimate of drug-likeness (QED) is 0.610. The Balaban J connectivity index is 2.25. The molecule has 1 spiro atoms. The molecule has 0 aromatic heterocycles. The van der Waals surface area contributed by atoms with Crippen LogP contribution in [0.4, 0.5) is 0 Å². The first-order valence-corrected chi connectivity index (χ1v) is 4.99. The molecular formula is C10H17NO2. The molecule has 2 aliphatic heterocycles. The van der Waals surface area contributed by atoms with Gasteiger partial charge in [0.1, 0.15) is 0 Å². The molecule has 0 bridgehead atoms. The van der Waals surface area contributed by atoms with Crippen molar-refractivity contribution in [3.05, 3.63) is 0 Å². The van der Waals surface area contributed by atoms with Crippen LogP contribution in [0.2, 0.25) is 0 Å². The van der Waals surface area contributed by atoms with Gasteiger partial charge in [-0.1, -0.05) is 0 Å². The van der Waals surface area contributed by atoms with Crippen LogP contribution < -0.4 is 5.32 Å². The van der Waals surface area contributed by atoms with Gasteiger partial charge in [0.15, 0.2) is 0 Å². The van der Waals surface area contributed by atoms with Crippen LogP contribution in [0.15, 0.2) is 0 Å². The van der Waals surface area contributed by atoms with Crippen LogP contribution in [-0.2, 0) is 9.53 Å². The van der Waals surface area contributed by atoms with E-state index in [1.165, 1.54) is 0 Å². The number of carbonyl (C=O) groups excluding carboxylic acids is 1. The molecule has 0 saturated carbocycles. The van der Waals surface area contributed by atoms with Crippen LogP contribution in [0, 0.1) is 5.41 Å². The van der Waals surface area contributed by atoms with Crippen LogP contribution in [0.1, 0.15) is 33.6 Å². The van der Waals surface area contributed by atoms with Gasteiger partial charge in [-0.2, -0.15) is 0 Å². The van der Waals surface area contributed by atoms with Crippen LogP contribution in [-0.4, -0.2) is 24.2 Å². The largest absolute Gasteiger partial charge is 0.375 e. The van der Waals surface area contributed by atoms with Crippen LogP contribution in [0.25, 0.3) is 0 Å². The molecule has 2 heterocycles. The topological polar surface area (TPSA) is 38.3 Å². The summed E-state index contributed by atoms with van der Waals surface area (Å²) in [6.45, 7) is 6.25. The van der Waals surface area contributed by atoms with E-state index in [4.69, 9.17) is 4.74 Å². The standard InChI is InChI=1S/C10H17NO2/c1-6-4-10(8(3)13-6)5-9(12)11-7(10)2/h6-8H,4-5H2,1-3H3,(H,11,12). The van der Waals surface area contributed by atoms with E-state index < -0.39 is 0 Å². The van der Waals surface area contributed by atoms with Crippen molar-refractivity contribution >= 4 is 5.91 Å². The van der Waals surface area contributed by atoms with Crippen molar-refractivity contribution in [2.75, 3.05) is 0 Å². The molecule has 13 heavy (non-hydrogen) atoms. The van der Waals surface area contributed by atoms with E-state index >= 15 is 0 Å². The number of hydrogen-bond acceptors (Lipinski definition) is 2. The molecule has 1 N–H and O–H groups in total. The molecule has 3 nitrogen and oxygen atoms in total. The first-order chi connectivity index (χ1) is 6.04. The Morgan fingerprint density at radius 1 is 1.46 bits per heavy atom. The molecule has 0 radical (unpaired) electrons. The summed E-state index contributed by atoms with van der Waals surface area (Å²) >= 11 is 0. The van der Waals surface area contributed by atoms with Crippen LogP contribution in [0.5, 0.6) is 0 Å². The Bertz CT molecular complexity index is 241. The minimum atomic E-state index is 0.0660. The second kappa shape index (κ2) is 2.71. The Morgan fingerprint density at radius 3 is 2.54 bits per heavy atom. The molecule has 2 rings (SSSR count). The summed E-state index contributed by atoms with van der Waals surface area (Å²) in [6, 6.07) is 0.264. The number of ether oxygens (including phenoxy) is 1. The molecule has 4 unspecified atom stereocenters. The highest BCUT2D eigenvalue weighted by Gasteiger charge is 2.53. The summed E-state index contributed by atoms with van der Waals surface area (Å²) in [5.41, 5.74) is 0.0660. The third-order valence-electron chi connectivity index (χ3n) is 3.64. The molecule has 0 aromatic rings. The lowest BCUT2D eigenvalue weighted by Gasteiger charge is -2.29.